The Hall–Kier alpha value is -1.55. The van der Waals surface area contributed by atoms with Gasteiger partial charge in [-0.2, -0.15) is 0 Å². The van der Waals surface area contributed by atoms with Gasteiger partial charge in [-0.25, -0.2) is 0 Å². The van der Waals surface area contributed by atoms with Crippen molar-refractivity contribution in [2.45, 2.75) is 19.9 Å². The molecule has 1 N–H and O–H groups in total. The number of amidine groups is 1. The van der Waals surface area contributed by atoms with Gasteiger partial charge in [-0.1, -0.05) is 43.8 Å². The fourth-order valence-corrected chi connectivity index (χ4v) is 3.30. The van der Waals surface area contributed by atoms with Crippen molar-refractivity contribution in [3.05, 3.63) is 36.5 Å². The van der Waals surface area contributed by atoms with Gasteiger partial charge in [0, 0.05) is 17.3 Å². The maximum atomic E-state index is 4.73. The first-order valence-electron chi connectivity index (χ1n) is 6.55. The van der Waals surface area contributed by atoms with Crippen molar-refractivity contribution in [2.24, 2.45) is 10.9 Å². The summed E-state index contributed by atoms with van der Waals surface area (Å²) in [7, 11) is 0. The molecular weight excluding hydrogens is 254 g/mol. The van der Waals surface area contributed by atoms with E-state index >= 15 is 0 Å². The number of hydrogen-bond acceptors (Lipinski definition) is 4. The predicted molar refractivity (Wildman–Crippen MR) is 83.9 cm³/mol. The summed E-state index contributed by atoms with van der Waals surface area (Å²) in [4.78, 5) is 9.18. The minimum atomic E-state index is 0.426. The van der Waals surface area contributed by atoms with Crippen molar-refractivity contribution in [3.63, 3.8) is 0 Å². The highest BCUT2D eigenvalue weighted by molar-refractivity contribution is 8.14. The average Bonchev–Trinajstić information content (AvgIpc) is 2.88. The van der Waals surface area contributed by atoms with Crippen molar-refractivity contribution in [3.8, 4) is 0 Å². The SMILES string of the molecule is CC(C)C1CSC(Nc2cccc3cccnc23)=N1. The summed E-state index contributed by atoms with van der Waals surface area (Å²) in [6.07, 6.45) is 1.83. The van der Waals surface area contributed by atoms with Crippen LogP contribution in [0.5, 0.6) is 0 Å². The van der Waals surface area contributed by atoms with Gasteiger partial charge in [0.1, 0.15) is 0 Å². The van der Waals surface area contributed by atoms with E-state index in [1.54, 1.807) is 11.8 Å². The van der Waals surface area contributed by atoms with Gasteiger partial charge in [0.25, 0.3) is 0 Å². The molecule has 0 amide bonds. The summed E-state index contributed by atoms with van der Waals surface area (Å²) in [6.45, 7) is 4.44. The summed E-state index contributed by atoms with van der Waals surface area (Å²) in [5.74, 6) is 1.66. The molecule has 1 aromatic carbocycles. The Labute approximate surface area is 117 Å². The molecule has 1 aliphatic heterocycles. The van der Waals surface area contributed by atoms with Crippen LogP contribution in [-0.2, 0) is 0 Å². The molecule has 0 bridgehead atoms. The molecule has 0 saturated carbocycles. The van der Waals surface area contributed by atoms with E-state index in [2.05, 4.69) is 42.3 Å². The monoisotopic (exact) mass is 271 g/mol. The summed E-state index contributed by atoms with van der Waals surface area (Å²) >= 11 is 1.79. The number of fused-ring (bicyclic) bond motifs is 1. The first-order valence-corrected chi connectivity index (χ1v) is 7.54. The van der Waals surface area contributed by atoms with Crippen molar-refractivity contribution >= 4 is 33.5 Å². The summed E-state index contributed by atoms with van der Waals surface area (Å²) in [5.41, 5.74) is 2.04. The highest BCUT2D eigenvalue weighted by Crippen LogP contribution is 2.27. The molecule has 1 unspecified atom stereocenters. The molecule has 1 aromatic heterocycles. The molecule has 0 spiro atoms. The molecule has 0 fully saturated rings. The minimum Gasteiger partial charge on any atom is -0.333 e. The van der Waals surface area contributed by atoms with Crippen LogP contribution in [0.2, 0.25) is 0 Å². The number of anilines is 1. The highest BCUT2D eigenvalue weighted by atomic mass is 32.2. The van der Waals surface area contributed by atoms with Gasteiger partial charge in [-0.15, -0.1) is 0 Å². The molecule has 2 aromatic rings. The van der Waals surface area contributed by atoms with Gasteiger partial charge in [0.05, 0.1) is 17.2 Å². The number of aromatic nitrogens is 1. The van der Waals surface area contributed by atoms with Crippen LogP contribution in [-0.4, -0.2) is 21.9 Å². The van der Waals surface area contributed by atoms with Crippen LogP contribution in [0.1, 0.15) is 13.8 Å². The Morgan fingerprint density at radius 3 is 2.89 bits per heavy atom. The maximum Gasteiger partial charge on any atom is 0.161 e. The third-order valence-electron chi connectivity index (χ3n) is 3.32. The summed E-state index contributed by atoms with van der Waals surface area (Å²) in [6, 6.07) is 10.6. The van der Waals surface area contributed by atoms with Gasteiger partial charge in [-0.05, 0) is 18.1 Å². The summed E-state index contributed by atoms with van der Waals surface area (Å²) in [5, 5.41) is 5.58. The van der Waals surface area contributed by atoms with Crippen LogP contribution < -0.4 is 5.32 Å². The number of nitrogens with zero attached hydrogens (tertiary/aromatic N) is 2. The topological polar surface area (TPSA) is 37.3 Å². The fraction of sp³-hybridized carbons (Fsp3) is 0.333. The number of pyridine rings is 1. The number of rotatable bonds is 2. The zero-order valence-electron chi connectivity index (χ0n) is 11.1. The number of para-hydroxylation sites is 1. The Bertz CT molecular complexity index is 616. The van der Waals surface area contributed by atoms with E-state index in [1.165, 1.54) is 0 Å². The van der Waals surface area contributed by atoms with Crippen LogP contribution in [0.4, 0.5) is 5.69 Å². The molecule has 0 saturated heterocycles. The van der Waals surface area contributed by atoms with Crippen LogP contribution in [0.3, 0.4) is 0 Å². The second-order valence-corrected chi connectivity index (χ2v) is 6.07. The van der Waals surface area contributed by atoms with Crippen LogP contribution in [0, 0.1) is 5.92 Å². The lowest BCUT2D eigenvalue weighted by molar-refractivity contribution is 0.543. The molecule has 3 rings (SSSR count). The van der Waals surface area contributed by atoms with Crippen molar-refractivity contribution in [2.75, 3.05) is 11.1 Å². The third-order valence-corrected chi connectivity index (χ3v) is 4.31. The van der Waals surface area contributed by atoms with E-state index in [9.17, 15) is 0 Å². The fourth-order valence-electron chi connectivity index (χ4n) is 2.12. The number of aliphatic imine (C=N–C) groups is 1. The molecule has 0 radical (unpaired) electrons. The van der Waals surface area contributed by atoms with Gasteiger partial charge < -0.3 is 5.32 Å². The molecule has 4 heteroatoms. The van der Waals surface area contributed by atoms with Gasteiger partial charge in [-0.3, -0.25) is 9.98 Å². The lowest BCUT2D eigenvalue weighted by Gasteiger charge is -2.08. The summed E-state index contributed by atoms with van der Waals surface area (Å²) < 4.78 is 0. The third kappa shape index (κ3) is 2.59. The first-order chi connectivity index (χ1) is 9.24. The Morgan fingerprint density at radius 1 is 1.26 bits per heavy atom. The van der Waals surface area contributed by atoms with Crippen LogP contribution in [0.15, 0.2) is 41.5 Å². The normalized spacial score (nSPS) is 18.9. The average molecular weight is 271 g/mol. The molecule has 1 atom stereocenters. The lowest BCUT2D eigenvalue weighted by atomic mass is 10.1. The maximum absolute atomic E-state index is 4.73. The van der Waals surface area contributed by atoms with E-state index in [4.69, 9.17) is 4.99 Å². The molecular formula is C15H17N3S. The molecule has 3 nitrogen and oxygen atoms in total. The molecule has 0 aliphatic carbocycles. The van der Waals surface area contributed by atoms with Gasteiger partial charge in [0.15, 0.2) is 5.17 Å². The number of hydrogen-bond donors (Lipinski definition) is 1. The van der Waals surface area contributed by atoms with Crippen molar-refractivity contribution < 1.29 is 0 Å². The molecule has 1 aliphatic rings. The van der Waals surface area contributed by atoms with E-state index in [1.807, 2.05) is 18.3 Å². The second kappa shape index (κ2) is 5.21. The largest absolute Gasteiger partial charge is 0.333 e. The van der Waals surface area contributed by atoms with E-state index in [-0.39, 0.29) is 0 Å². The highest BCUT2D eigenvalue weighted by Gasteiger charge is 2.21. The Kier molecular flexibility index (Phi) is 3.42. The standard InChI is InChI=1S/C15H17N3S/c1-10(2)13-9-19-15(18-13)17-12-7-3-5-11-6-4-8-16-14(11)12/h3-8,10,13H,9H2,1-2H3,(H,17,18). The van der Waals surface area contributed by atoms with Crippen LogP contribution in [0.25, 0.3) is 10.9 Å². The zero-order valence-corrected chi connectivity index (χ0v) is 11.9. The van der Waals surface area contributed by atoms with Gasteiger partial charge in [0.2, 0.25) is 0 Å². The second-order valence-electron chi connectivity index (χ2n) is 5.06. The van der Waals surface area contributed by atoms with Crippen molar-refractivity contribution in [1.29, 1.82) is 0 Å². The van der Waals surface area contributed by atoms with Crippen molar-refractivity contribution in [1.82, 2.24) is 4.98 Å². The first kappa shape index (κ1) is 12.5. The zero-order chi connectivity index (χ0) is 13.2. The van der Waals surface area contributed by atoms with Gasteiger partial charge >= 0.3 is 0 Å². The van der Waals surface area contributed by atoms with E-state index in [0.717, 1.165) is 27.5 Å². The quantitative estimate of drug-likeness (QED) is 0.903. The number of benzene rings is 1. The molecule has 19 heavy (non-hydrogen) atoms. The number of nitrogens with one attached hydrogen (secondary N) is 1. The molecule has 98 valence electrons. The lowest BCUT2D eigenvalue weighted by Crippen LogP contribution is -2.12. The number of thioether (sulfide) groups is 1. The Morgan fingerprint density at radius 2 is 2.11 bits per heavy atom. The smallest absolute Gasteiger partial charge is 0.161 e. The minimum absolute atomic E-state index is 0.426. The molecule has 2 heterocycles. The predicted octanol–water partition coefficient (Wildman–Crippen LogP) is 3.77. The van der Waals surface area contributed by atoms with E-state index in [0.29, 0.717) is 12.0 Å². The Balaban J connectivity index is 1.88. The van der Waals surface area contributed by atoms with E-state index < -0.39 is 0 Å². The van der Waals surface area contributed by atoms with Crippen LogP contribution >= 0.6 is 11.8 Å².